The number of nitrogens with one attached hydrogen (secondary N) is 1. The second-order valence-corrected chi connectivity index (χ2v) is 4.48. The van der Waals surface area contributed by atoms with E-state index in [4.69, 9.17) is 10.5 Å². The Labute approximate surface area is 117 Å². The molecule has 1 amide bonds. The molecule has 0 heterocycles. The van der Waals surface area contributed by atoms with Crippen LogP contribution in [0.15, 0.2) is 12.1 Å². The first kappa shape index (κ1) is 15.9. The van der Waals surface area contributed by atoms with E-state index in [1.165, 1.54) is 19.1 Å². The fourth-order valence-corrected chi connectivity index (χ4v) is 1.61. The number of hydrogen-bond acceptors (Lipinski definition) is 4. The van der Waals surface area contributed by atoms with Gasteiger partial charge in [-0.1, -0.05) is 13.3 Å². The molecule has 1 aromatic carbocycles. The van der Waals surface area contributed by atoms with Crippen molar-refractivity contribution in [1.82, 2.24) is 5.32 Å². The van der Waals surface area contributed by atoms with Gasteiger partial charge in [0.2, 0.25) is 0 Å². The van der Waals surface area contributed by atoms with Gasteiger partial charge in [-0.2, -0.15) is 0 Å². The number of ether oxygens (including phenoxy) is 1. The van der Waals surface area contributed by atoms with Crippen molar-refractivity contribution in [2.24, 2.45) is 0 Å². The van der Waals surface area contributed by atoms with E-state index in [2.05, 4.69) is 5.32 Å². The summed E-state index contributed by atoms with van der Waals surface area (Å²) in [5.41, 5.74) is 5.81. The highest BCUT2D eigenvalue weighted by Gasteiger charge is 2.17. The maximum absolute atomic E-state index is 13.7. The van der Waals surface area contributed by atoms with Gasteiger partial charge in [0, 0.05) is 12.2 Å². The molecular formula is C14H19FN2O3. The summed E-state index contributed by atoms with van der Waals surface area (Å²) in [4.78, 5) is 23.1. The van der Waals surface area contributed by atoms with Crippen LogP contribution in [0.5, 0.6) is 0 Å². The standard InChI is InChI=1S/C14H19FN2O3/c1-3-4-5-17-12(18)8-20-14(19)11-7-10(16)6-9(2)13(11)15/h6-7H,3-5,8,16H2,1-2H3,(H,17,18). The second kappa shape index (κ2) is 7.47. The summed E-state index contributed by atoms with van der Waals surface area (Å²) < 4.78 is 18.5. The van der Waals surface area contributed by atoms with Gasteiger partial charge in [0.1, 0.15) is 5.82 Å². The first-order valence-electron chi connectivity index (χ1n) is 6.45. The number of amides is 1. The molecular weight excluding hydrogens is 263 g/mol. The molecule has 110 valence electrons. The Morgan fingerprint density at radius 3 is 2.75 bits per heavy atom. The van der Waals surface area contributed by atoms with Crippen molar-refractivity contribution in [3.63, 3.8) is 0 Å². The average molecular weight is 282 g/mol. The predicted molar refractivity (Wildman–Crippen MR) is 73.7 cm³/mol. The lowest BCUT2D eigenvalue weighted by Gasteiger charge is -2.08. The first-order chi connectivity index (χ1) is 9.45. The molecule has 0 saturated carbocycles. The second-order valence-electron chi connectivity index (χ2n) is 4.48. The zero-order valence-corrected chi connectivity index (χ0v) is 11.7. The molecule has 0 atom stereocenters. The van der Waals surface area contributed by atoms with Gasteiger partial charge in [0.05, 0.1) is 5.56 Å². The molecule has 0 unspecified atom stereocenters. The lowest BCUT2D eigenvalue weighted by molar-refractivity contribution is -0.124. The van der Waals surface area contributed by atoms with E-state index in [1.807, 2.05) is 6.92 Å². The lowest BCUT2D eigenvalue weighted by atomic mass is 10.1. The Balaban J connectivity index is 2.57. The van der Waals surface area contributed by atoms with E-state index < -0.39 is 24.3 Å². The predicted octanol–water partition coefficient (Wildman–Crippen LogP) is 1.79. The quantitative estimate of drug-likeness (QED) is 0.473. The van der Waals surface area contributed by atoms with Crippen molar-refractivity contribution < 1.29 is 18.7 Å². The largest absolute Gasteiger partial charge is 0.452 e. The monoisotopic (exact) mass is 282 g/mol. The molecule has 0 aliphatic carbocycles. The molecule has 0 aromatic heterocycles. The molecule has 0 aliphatic rings. The SMILES string of the molecule is CCCCNC(=O)COC(=O)c1cc(N)cc(C)c1F. The minimum atomic E-state index is -0.899. The zero-order chi connectivity index (χ0) is 15.1. The van der Waals surface area contributed by atoms with Crippen molar-refractivity contribution in [3.8, 4) is 0 Å². The van der Waals surface area contributed by atoms with Gasteiger partial charge in [-0.15, -0.1) is 0 Å². The third-order valence-corrected chi connectivity index (χ3v) is 2.68. The minimum Gasteiger partial charge on any atom is -0.452 e. The molecule has 1 rings (SSSR count). The molecule has 0 aliphatic heterocycles. The number of esters is 1. The summed E-state index contributed by atoms with van der Waals surface area (Å²) in [6.07, 6.45) is 1.80. The number of nitrogen functional groups attached to an aromatic ring is 1. The number of aryl methyl sites for hydroxylation is 1. The normalized spacial score (nSPS) is 10.2. The van der Waals surface area contributed by atoms with E-state index in [-0.39, 0.29) is 16.8 Å². The van der Waals surface area contributed by atoms with Gasteiger partial charge in [-0.05, 0) is 31.0 Å². The zero-order valence-electron chi connectivity index (χ0n) is 11.7. The molecule has 3 N–H and O–H groups in total. The first-order valence-corrected chi connectivity index (χ1v) is 6.45. The van der Waals surface area contributed by atoms with Crippen LogP contribution in [0, 0.1) is 12.7 Å². The van der Waals surface area contributed by atoms with Crippen molar-refractivity contribution in [2.75, 3.05) is 18.9 Å². The van der Waals surface area contributed by atoms with Crippen LogP contribution in [0.4, 0.5) is 10.1 Å². The summed E-state index contributed by atoms with van der Waals surface area (Å²) in [6.45, 7) is 3.59. The number of unbranched alkanes of at least 4 members (excludes halogenated alkanes) is 1. The highest BCUT2D eigenvalue weighted by molar-refractivity contribution is 5.92. The fourth-order valence-electron chi connectivity index (χ4n) is 1.61. The van der Waals surface area contributed by atoms with Crippen molar-refractivity contribution in [2.45, 2.75) is 26.7 Å². The molecule has 0 bridgehead atoms. The summed E-state index contributed by atoms with van der Waals surface area (Å²) in [7, 11) is 0. The molecule has 1 aromatic rings. The van der Waals surface area contributed by atoms with Crippen LogP contribution in [-0.4, -0.2) is 25.0 Å². The molecule has 5 nitrogen and oxygen atoms in total. The average Bonchev–Trinajstić information content (AvgIpc) is 2.40. The van der Waals surface area contributed by atoms with Crippen LogP contribution < -0.4 is 11.1 Å². The Kier molecular flexibility index (Phi) is 5.96. The van der Waals surface area contributed by atoms with Gasteiger partial charge in [-0.25, -0.2) is 9.18 Å². The number of nitrogens with two attached hydrogens (primary N) is 1. The summed E-state index contributed by atoms with van der Waals surface area (Å²) in [6, 6.07) is 2.61. The van der Waals surface area contributed by atoms with Crippen molar-refractivity contribution >= 4 is 17.6 Å². The Morgan fingerprint density at radius 2 is 2.10 bits per heavy atom. The minimum absolute atomic E-state index is 0.254. The number of anilines is 1. The highest BCUT2D eigenvalue weighted by atomic mass is 19.1. The van der Waals surface area contributed by atoms with Gasteiger partial charge in [-0.3, -0.25) is 4.79 Å². The number of carbonyl (C=O) groups is 2. The number of benzene rings is 1. The summed E-state index contributed by atoms with van der Waals surface area (Å²) >= 11 is 0. The van der Waals surface area contributed by atoms with Crippen LogP contribution >= 0.6 is 0 Å². The summed E-state index contributed by atoms with van der Waals surface area (Å²) in [5, 5.41) is 2.59. The van der Waals surface area contributed by atoms with E-state index in [0.29, 0.717) is 6.54 Å². The fraction of sp³-hybridized carbons (Fsp3) is 0.429. The van der Waals surface area contributed by atoms with E-state index in [1.54, 1.807) is 0 Å². The Morgan fingerprint density at radius 1 is 1.40 bits per heavy atom. The maximum Gasteiger partial charge on any atom is 0.341 e. The van der Waals surface area contributed by atoms with E-state index in [0.717, 1.165) is 12.8 Å². The number of halogens is 1. The van der Waals surface area contributed by atoms with Gasteiger partial charge >= 0.3 is 5.97 Å². The Bertz CT molecular complexity index is 503. The molecule has 20 heavy (non-hydrogen) atoms. The van der Waals surface area contributed by atoms with Crippen LogP contribution in [0.2, 0.25) is 0 Å². The molecule has 0 radical (unpaired) electrons. The van der Waals surface area contributed by atoms with E-state index in [9.17, 15) is 14.0 Å². The molecule has 0 saturated heterocycles. The molecule has 0 spiro atoms. The highest BCUT2D eigenvalue weighted by Crippen LogP contribution is 2.17. The van der Waals surface area contributed by atoms with Crippen molar-refractivity contribution in [1.29, 1.82) is 0 Å². The van der Waals surface area contributed by atoms with Crippen LogP contribution in [0.3, 0.4) is 0 Å². The third kappa shape index (κ3) is 4.53. The topological polar surface area (TPSA) is 81.4 Å². The number of carbonyl (C=O) groups excluding carboxylic acids is 2. The smallest absolute Gasteiger partial charge is 0.341 e. The van der Waals surface area contributed by atoms with Gasteiger partial charge in [0.25, 0.3) is 5.91 Å². The van der Waals surface area contributed by atoms with Crippen LogP contribution in [0.1, 0.15) is 35.7 Å². The number of hydrogen-bond donors (Lipinski definition) is 2. The van der Waals surface area contributed by atoms with Crippen LogP contribution in [0.25, 0.3) is 0 Å². The maximum atomic E-state index is 13.7. The van der Waals surface area contributed by atoms with Crippen molar-refractivity contribution in [3.05, 3.63) is 29.1 Å². The summed E-state index contributed by atoms with van der Waals surface area (Å²) in [5.74, 6) is -1.99. The number of rotatable bonds is 6. The van der Waals surface area contributed by atoms with Gasteiger partial charge < -0.3 is 15.8 Å². The van der Waals surface area contributed by atoms with E-state index >= 15 is 0 Å². The lowest BCUT2D eigenvalue weighted by Crippen LogP contribution is -2.29. The molecule has 6 heteroatoms. The third-order valence-electron chi connectivity index (χ3n) is 2.68. The van der Waals surface area contributed by atoms with Crippen LogP contribution in [-0.2, 0) is 9.53 Å². The Hall–Kier alpha value is -2.11. The molecule has 0 fully saturated rings. The van der Waals surface area contributed by atoms with Gasteiger partial charge in [0.15, 0.2) is 6.61 Å².